The van der Waals surface area contributed by atoms with Gasteiger partial charge in [0.2, 0.25) is 18.6 Å². The average molecular weight is 485 g/mol. The molecule has 3 rings (SSSR count). The number of hydrogen-bond donors (Lipinski definition) is 0. The number of rotatable bonds is 15. The predicted octanol–water partition coefficient (Wildman–Crippen LogP) is 5.77. The summed E-state index contributed by atoms with van der Waals surface area (Å²) in [5, 5.41) is 0. The Hall–Kier alpha value is -2.96. The summed E-state index contributed by atoms with van der Waals surface area (Å²) in [5.74, 6) is 2.33. The number of fused-ring (bicyclic) bond motifs is 1. The fraction of sp³-hybridized carbons (Fsp3) is 0.571. The van der Waals surface area contributed by atoms with E-state index in [9.17, 15) is 9.59 Å². The Balaban J connectivity index is 1.64. The van der Waals surface area contributed by atoms with Gasteiger partial charge in [0.05, 0.1) is 19.4 Å². The highest BCUT2D eigenvalue weighted by Gasteiger charge is 2.24. The van der Waals surface area contributed by atoms with Gasteiger partial charge in [-0.15, -0.1) is 0 Å². The fourth-order valence-electron chi connectivity index (χ4n) is 4.26. The molecule has 0 bridgehead atoms. The van der Waals surface area contributed by atoms with Crippen LogP contribution < -0.4 is 9.47 Å². The van der Waals surface area contributed by atoms with Crippen molar-refractivity contribution in [3.63, 3.8) is 0 Å². The third-order valence-corrected chi connectivity index (χ3v) is 6.10. The third-order valence-electron chi connectivity index (χ3n) is 6.10. The highest BCUT2D eigenvalue weighted by Crippen LogP contribution is 2.33. The lowest BCUT2D eigenvalue weighted by Crippen LogP contribution is -2.43. The van der Waals surface area contributed by atoms with E-state index in [2.05, 4.69) is 20.8 Å². The van der Waals surface area contributed by atoms with Crippen molar-refractivity contribution in [3.05, 3.63) is 47.9 Å². The van der Waals surface area contributed by atoms with E-state index in [0.29, 0.717) is 43.3 Å². The molecule has 0 atom stereocenters. The van der Waals surface area contributed by atoms with Crippen LogP contribution in [-0.4, -0.2) is 41.5 Å². The van der Waals surface area contributed by atoms with E-state index in [1.165, 1.54) is 19.3 Å². The van der Waals surface area contributed by atoms with E-state index in [4.69, 9.17) is 13.9 Å². The van der Waals surface area contributed by atoms with Crippen molar-refractivity contribution < 1.29 is 23.5 Å². The Morgan fingerprint density at radius 3 is 2.43 bits per heavy atom. The van der Waals surface area contributed by atoms with E-state index in [0.717, 1.165) is 24.8 Å². The summed E-state index contributed by atoms with van der Waals surface area (Å²) >= 11 is 0. The summed E-state index contributed by atoms with van der Waals surface area (Å²) in [5.41, 5.74) is 0.933. The van der Waals surface area contributed by atoms with Gasteiger partial charge in [0.1, 0.15) is 5.76 Å². The molecule has 0 unspecified atom stereocenters. The van der Waals surface area contributed by atoms with Crippen LogP contribution in [0, 0.1) is 5.92 Å². The van der Waals surface area contributed by atoms with Crippen molar-refractivity contribution in [2.75, 3.05) is 19.9 Å². The van der Waals surface area contributed by atoms with E-state index in [-0.39, 0.29) is 31.1 Å². The predicted molar refractivity (Wildman–Crippen MR) is 135 cm³/mol. The summed E-state index contributed by atoms with van der Waals surface area (Å²) in [6.07, 6.45) is 8.88. The van der Waals surface area contributed by atoms with Gasteiger partial charge in [-0.25, -0.2) is 0 Å². The lowest BCUT2D eigenvalue weighted by Gasteiger charge is -2.28. The first-order valence-electron chi connectivity index (χ1n) is 12.9. The molecular weight excluding hydrogens is 444 g/mol. The molecule has 0 saturated heterocycles. The molecular formula is C28H40N2O5. The number of hydrogen-bond acceptors (Lipinski definition) is 5. The molecule has 0 aliphatic carbocycles. The van der Waals surface area contributed by atoms with Crippen LogP contribution in [0.5, 0.6) is 11.5 Å². The van der Waals surface area contributed by atoms with E-state index in [1.54, 1.807) is 16.1 Å². The van der Waals surface area contributed by atoms with E-state index >= 15 is 0 Å². The molecule has 1 aliphatic heterocycles. The van der Waals surface area contributed by atoms with Crippen LogP contribution in [0.3, 0.4) is 0 Å². The average Bonchev–Trinajstić information content (AvgIpc) is 3.51. The van der Waals surface area contributed by atoms with Crippen molar-refractivity contribution in [3.8, 4) is 11.5 Å². The maximum absolute atomic E-state index is 13.5. The number of benzene rings is 1. The highest BCUT2D eigenvalue weighted by molar-refractivity contribution is 5.84. The summed E-state index contributed by atoms with van der Waals surface area (Å²) in [4.78, 5) is 30.0. The van der Waals surface area contributed by atoms with Gasteiger partial charge in [0.25, 0.3) is 0 Å². The standard InChI is InChI=1S/C28H40N2O5/c1-4-5-6-7-8-9-12-27(31)29(17-22(2)3)20-28(32)30(19-24-11-10-15-33-24)18-23-13-14-25-26(16-23)35-21-34-25/h10-11,13-16,22H,4-9,12,17-21H2,1-3H3. The SMILES string of the molecule is CCCCCCCCC(=O)N(CC(=O)N(Cc1ccc2c(c1)OCO2)Cc1ccco1)CC(C)C. The number of ether oxygens (including phenoxy) is 2. The minimum atomic E-state index is -0.101. The van der Waals surface area contributed by atoms with Crippen LogP contribution >= 0.6 is 0 Å². The number of amides is 2. The van der Waals surface area contributed by atoms with Crippen LogP contribution in [0.25, 0.3) is 0 Å². The molecule has 7 heteroatoms. The molecule has 1 aromatic heterocycles. The molecule has 7 nitrogen and oxygen atoms in total. The van der Waals surface area contributed by atoms with Gasteiger partial charge in [-0.1, -0.05) is 58.9 Å². The molecule has 2 heterocycles. The quantitative estimate of drug-likeness (QED) is 0.300. The minimum absolute atomic E-state index is 0.0589. The zero-order valence-corrected chi connectivity index (χ0v) is 21.5. The number of unbranched alkanes of at least 4 members (excludes halogenated alkanes) is 5. The molecule has 0 saturated carbocycles. The van der Waals surface area contributed by atoms with Gasteiger partial charge >= 0.3 is 0 Å². The molecule has 192 valence electrons. The lowest BCUT2D eigenvalue weighted by atomic mass is 10.1. The lowest BCUT2D eigenvalue weighted by molar-refractivity contribution is -0.141. The van der Waals surface area contributed by atoms with Crippen LogP contribution in [-0.2, 0) is 22.7 Å². The minimum Gasteiger partial charge on any atom is -0.467 e. The van der Waals surface area contributed by atoms with Gasteiger partial charge in [0.15, 0.2) is 11.5 Å². The number of carbonyl (C=O) groups excluding carboxylic acids is 2. The Morgan fingerprint density at radius 2 is 1.69 bits per heavy atom. The second kappa shape index (κ2) is 13.8. The largest absolute Gasteiger partial charge is 0.467 e. The Bertz CT molecular complexity index is 925. The van der Waals surface area contributed by atoms with Crippen LogP contribution in [0.15, 0.2) is 41.0 Å². The zero-order chi connectivity index (χ0) is 25.0. The molecule has 0 spiro atoms. The van der Waals surface area contributed by atoms with Gasteiger partial charge in [-0.3, -0.25) is 9.59 Å². The van der Waals surface area contributed by atoms with Crippen molar-refractivity contribution in [2.45, 2.75) is 78.8 Å². The van der Waals surface area contributed by atoms with Gasteiger partial charge in [-0.2, -0.15) is 0 Å². The molecule has 2 aromatic rings. The third kappa shape index (κ3) is 8.64. The Kier molecular flexibility index (Phi) is 10.5. The monoisotopic (exact) mass is 484 g/mol. The van der Waals surface area contributed by atoms with Crippen molar-refractivity contribution >= 4 is 11.8 Å². The molecule has 2 amide bonds. The van der Waals surface area contributed by atoms with E-state index in [1.807, 2.05) is 30.3 Å². The van der Waals surface area contributed by atoms with Crippen molar-refractivity contribution in [1.29, 1.82) is 0 Å². The maximum Gasteiger partial charge on any atom is 0.242 e. The van der Waals surface area contributed by atoms with Gasteiger partial charge in [0, 0.05) is 19.5 Å². The molecule has 0 fully saturated rings. The fourth-order valence-corrected chi connectivity index (χ4v) is 4.26. The Labute approximate surface area is 209 Å². The first kappa shape index (κ1) is 26.6. The van der Waals surface area contributed by atoms with Crippen LogP contribution in [0.4, 0.5) is 0 Å². The smallest absolute Gasteiger partial charge is 0.242 e. The summed E-state index contributed by atoms with van der Waals surface area (Å²) in [6, 6.07) is 9.37. The first-order valence-corrected chi connectivity index (χ1v) is 12.9. The zero-order valence-electron chi connectivity index (χ0n) is 21.5. The van der Waals surface area contributed by atoms with Crippen LogP contribution in [0.1, 0.15) is 77.0 Å². The summed E-state index contributed by atoms with van der Waals surface area (Å²) in [6.45, 7) is 7.91. The molecule has 35 heavy (non-hydrogen) atoms. The first-order chi connectivity index (χ1) is 17.0. The number of nitrogens with zero attached hydrogens (tertiary/aromatic N) is 2. The normalized spacial score (nSPS) is 12.2. The highest BCUT2D eigenvalue weighted by atomic mass is 16.7. The molecule has 1 aromatic carbocycles. The number of furan rings is 1. The topological polar surface area (TPSA) is 72.2 Å². The van der Waals surface area contributed by atoms with Gasteiger partial charge < -0.3 is 23.7 Å². The second-order valence-electron chi connectivity index (χ2n) is 9.70. The van der Waals surface area contributed by atoms with Crippen molar-refractivity contribution in [1.82, 2.24) is 9.80 Å². The number of carbonyl (C=O) groups is 2. The second-order valence-corrected chi connectivity index (χ2v) is 9.70. The van der Waals surface area contributed by atoms with E-state index < -0.39 is 0 Å². The van der Waals surface area contributed by atoms with Crippen LogP contribution in [0.2, 0.25) is 0 Å². The molecule has 0 radical (unpaired) electrons. The Morgan fingerprint density at radius 1 is 0.914 bits per heavy atom. The molecule has 0 N–H and O–H groups in total. The molecule has 1 aliphatic rings. The summed E-state index contributed by atoms with van der Waals surface area (Å²) < 4.78 is 16.4. The van der Waals surface area contributed by atoms with Gasteiger partial charge in [-0.05, 0) is 42.2 Å². The van der Waals surface area contributed by atoms with Crippen molar-refractivity contribution in [2.24, 2.45) is 5.92 Å². The maximum atomic E-state index is 13.5. The summed E-state index contributed by atoms with van der Waals surface area (Å²) in [7, 11) is 0.